The number of carbonyl (C=O) groups is 1. The summed E-state index contributed by atoms with van der Waals surface area (Å²) in [6, 6.07) is 0.684. The maximum absolute atomic E-state index is 12.0. The number of nitrogens with one attached hydrogen (secondary N) is 1. The van der Waals surface area contributed by atoms with Gasteiger partial charge < -0.3 is 11.1 Å². The van der Waals surface area contributed by atoms with Gasteiger partial charge in [0.15, 0.2) is 0 Å². The summed E-state index contributed by atoms with van der Waals surface area (Å²) >= 11 is 0. The van der Waals surface area contributed by atoms with Crippen LogP contribution in [-0.4, -0.2) is 32.3 Å². The molecule has 3 rings (SSSR count). The summed E-state index contributed by atoms with van der Waals surface area (Å²) < 4.78 is 1.97. The highest BCUT2D eigenvalue weighted by molar-refractivity contribution is 5.85. The molecule has 110 valence electrons. The van der Waals surface area contributed by atoms with Gasteiger partial charge in [0.05, 0.1) is 11.6 Å². The largest absolute Gasteiger partial charge is 0.368 e. The van der Waals surface area contributed by atoms with E-state index in [1.54, 1.807) is 0 Å². The minimum Gasteiger partial charge on any atom is -0.368 e. The Hall–Kier alpha value is -1.43. The van der Waals surface area contributed by atoms with Crippen molar-refractivity contribution in [2.75, 3.05) is 0 Å². The van der Waals surface area contributed by atoms with Crippen LogP contribution in [0.5, 0.6) is 0 Å². The lowest BCUT2D eigenvalue weighted by molar-refractivity contribution is -0.126. The maximum atomic E-state index is 12.0. The number of rotatable bonds is 4. The highest BCUT2D eigenvalue weighted by Gasteiger charge is 2.45. The van der Waals surface area contributed by atoms with Gasteiger partial charge in [0, 0.05) is 6.04 Å². The third-order valence-corrected chi connectivity index (χ3v) is 4.51. The van der Waals surface area contributed by atoms with E-state index in [0.717, 1.165) is 50.2 Å². The van der Waals surface area contributed by atoms with Crippen LogP contribution in [0.4, 0.5) is 0 Å². The fourth-order valence-corrected chi connectivity index (χ4v) is 3.38. The Morgan fingerprint density at radius 3 is 2.70 bits per heavy atom. The van der Waals surface area contributed by atoms with E-state index < -0.39 is 5.54 Å². The predicted molar refractivity (Wildman–Crippen MR) is 75.1 cm³/mol. The number of carbonyl (C=O) groups excluding carboxylic acids is 1. The van der Waals surface area contributed by atoms with Crippen LogP contribution in [0.2, 0.25) is 0 Å². The van der Waals surface area contributed by atoms with E-state index in [9.17, 15) is 4.79 Å². The zero-order valence-electron chi connectivity index (χ0n) is 12.2. The first kappa shape index (κ1) is 13.5. The average Bonchev–Trinajstić information content (AvgIpc) is 3.13. The van der Waals surface area contributed by atoms with Crippen molar-refractivity contribution in [3.05, 3.63) is 11.6 Å². The second-order valence-electron chi connectivity index (χ2n) is 6.27. The van der Waals surface area contributed by atoms with E-state index in [0.29, 0.717) is 6.04 Å². The molecule has 0 aliphatic heterocycles. The molecule has 0 spiro atoms. The molecule has 2 aliphatic carbocycles. The van der Waals surface area contributed by atoms with E-state index in [1.165, 1.54) is 0 Å². The highest BCUT2D eigenvalue weighted by atomic mass is 16.1. The molecular weight excluding hydrogens is 254 g/mol. The SMILES string of the molecule is Cc1nc(C)n(C2CCCC(NC3CC3)(C(N)=O)C2)n1. The van der Waals surface area contributed by atoms with Crippen LogP contribution < -0.4 is 11.1 Å². The van der Waals surface area contributed by atoms with Crippen molar-refractivity contribution in [2.45, 2.75) is 70.0 Å². The van der Waals surface area contributed by atoms with Crippen LogP contribution in [0.25, 0.3) is 0 Å². The summed E-state index contributed by atoms with van der Waals surface area (Å²) in [5.41, 5.74) is 5.16. The minimum absolute atomic E-state index is 0.212. The third-order valence-electron chi connectivity index (χ3n) is 4.51. The van der Waals surface area contributed by atoms with Crippen LogP contribution in [0.15, 0.2) is 0 Å². The molecule has 20 heavy (non-hydrogen) atoms. The lowest BCUT2D eigenvalue weighted by Gasteiger charge is -2.39. The van der Waals surface area contributed by atoms with E-state index in [1.807, 2.05) is 18.5 Å². The number of nitrogens with two attached hydrogens (primary N) is 1. The summed E-state index contributed by atoms with van der Waals surface area (Å²) in [6.45, 7) is 3.87. The molecule has 2 atom stereocenters. The van der Waals surface area contributed by atoms with Crippen molar-refractivity contribution < 1.29 is 4.79 Å². The Labute approximate surface area is 119 Å². The van der Waals surface area contributed by atoms with Crippen molar-refractivity contribution in [1.82, 2.24) is 20.1 Å². The first-order valence-corrected chi connectivity index (χ1v) is 7.47. The first-order valence-electron chi connectivity index (χ1n) is 7.47. The first-order chi connectivity index (χ1) is 9.50. The van der Waals surface area contributed by atoms with Crippen LogP contribution >= 0.6 is 0 Å². The topological polar surface area (TPSA) is 85.8 Å². The van der Waals surface area contributed by atoms with Crippen molar-refractivity contribution in [3.63, 3.8) is 0 Å². The summed E-state index contributed by atoms with van der Waals surface area (Å²) in [6.07, 6.45) is 5.89. The summed E-state index contributed by atoms with van der Waals surface area (Å²) in [5.74, 6) is 1.48. The van der Waals surface area contributed by atoms with Gasteiger partial charge in [0.1, 0.15) is 11.6 Å². The molecule has 1 heterocycles. The van der Waals surface area contributed by atoms with E-state index in [4.69, 9.17) is 5.73 Å². The predicted octanol–water partition coefficient (Wildman–Crippen LogP) is 0.986. The molecule has 0 aromatic carbocycles. The standard InChI is InChI=1S/C14H23N5O/c1-9-16-10(2)19(18-9)12-4-3-7-14(8-12,13(15)20)17-11-5-6-11/h11-12,17H,3-8H2,1-2H3,(H2,15,20). The van der Waals surface area contributed by atoms with Crippen molar-refractivity contribution >= 4 is 5.91 Å². The monoisotopic (exact) mass is 277 g/mol. The van der Waals surface area contributed by atoms with Gasteiger partial charge in [-0.1, -0.05) is 0 Å². The smallest absolute Gasteiger partial charge is 0.237 e. The Morgan fingerprint density at radius 1 is 1.40 bits per heavy atom. The quantitative estimate of drug-likeness (QED) is 0.859. The minimum atomic E-state index is -0.559. The van der Waals surface area contributed by atoms with Gasteiger partial charge in [-0.3, -0.25) is 4.79 Å². The Morgan fingerprint density at radius 2 is 2.15 bits per heavy atom. The lowest BCUT2D eigenvalue weighted by Crippen LogP contribution is -2.58. The van der Waals surface area contributed by atoms with Gasteiger partial charge in [-0.25, -0.2) is 9.67 Å². The number of hydrogen-bond acceptors (Lipinski definition) is 4. The number of amides is 1. The number of aryl methyl sites for hydroxylation is 2. The highest BCUT2D eigenvalue weighted by Crippen LogP contribution is 2.38. The van der Waals surface area contributed by atoms with E-state index in [-0.39, 0.29) is 11.9 Å². The second kappa shape index (κ2) is 4.84. The molecule has 0 bridgehead atoms. The van der Waals surface area contributed by atoms with E-state index >= 15 is 0 Å². The fraction of sp³-hybridized carbons (Fsp3) is 0.786. The van der Waals surface area contributed by atoms with Crippen molar-refractivity contribution in [3.8, 4) is 0 Å². The number of aromatic nitrogens is 3. The molecule has 1 amide bonds. The summed E-state index contributed by atoms with van der Waals surface area (Å²) in [5, 5.41) is 7.97. The third kappa shape index (κ3) is 2.44. The summed E-state index contributed by atoms with van der Waals surface area (Å²) in [7, 11) is 0. The van der Waals surface area contributed by atoms with Crippen LogP contribution in [0.3, 0.4) is 0 Å². The molecule has 2 saturated carbocycles. The van der Waals surface area contributed by atoms with Gasteiger partial charge in [0.25, 0.3) is 0 Å². The van der Waals surface area contributed by atoms with Gasteiger partial charge in [-0.2, -0.15) is 5.10 Å². The average molecular weight is 277 g/mol. The zero-order valence-corrected chi connectivity index (χ0v) is 12.2. The van der Waals surface area contributed by atoms with Crippen LogP contribution in [0.1, 0.15) is 56.2 Å². The molecule has 2 unspecified atom stereocenters. The normalized spacial score (nSPS) is 30.4. The molecule has 0 saturated heterocycles. The molecule has 6 heteroatoms. The second-order valence-corrected chi connectivity index (χ2v) is 6.27. The number of primary amides is 1. The van der Waals surface area contributed by atoms with Crippen LogP contribution in [-0.2, 0) is 4.79 Å². The molecule has 0 radical (unpaired) electrons. The zero-order chi connectivity index (χ0) is 14.3. The molecule has 1 aromatic rings. The van der Waals surface area contributed by atoms with Crippen LogP contribution in [0, 0.1) is 13.8 Å². The van der Waals surface area contributed by atoms with Gasteiger partial charge in [-0.15, -0.1) is 0 Å². The maximum Gasteiger partial charge on any atom is 0.237 e. The van der Waals surface area contributed by atoms with Crippen molar-refractivity contribution in [1.29, 1.82) is 0 Å². The van der Waals surface area contributed by atoms with Crippen molar-refractivity contribution in [2.24, 2.45) is 5.73 Å². The molecule has 2 fully saturated rings. The Kier molecular flexibility index (Phi) is 3.28. The van der Waals surface area contributed by atoms with Gasteiger partial charge in [-0.05, 0) is 52.4 Å². The lowest BCUT2D eigenvalue weighted by atomic mass is 9.78. The Bertz CT molecular complexity index is 522. The molecule has 3 N–H and O–H groups in total. The van der Waals surface area contributed by atoms with Gasteiger partial charge in [0.2, 0.25) is 5.91 Å². The molecule has 1 aromatic heterocycles. The number of nitrogens with zero attached hydrogens (tertiary/aromatic N) is 3. The molecule has 2 aliphatic rings. The summed E-state index contributed by atoms with van der Waals surface area (Å²) in [4.78, 5) is 16.4. The van der Waals surface area contributed by atoms with Gasteiger partial charge >= 0.3 is 0 Å². The fourth-order valence-electron chi connectivity index (χ4n) is 3.38. The molecule has 6 nitrogen and oxygen atoms in total. The number of hydrogen-bond donors (Lipinski definition) is 2. The Balaban J connectivity index is 1.83. The van der Waals surface area contributed by atoms with E-state index in [2.05, 4.69) is 15.4 Å². The molecular formula is C14H23N5O.